The van der Waals surface area contributed by atoms with Gasteiger partial charge in [-0.3, -0.25) is 4.79 Å². The molecule has 1 fully saturated rings. The van der Waals surface area contributed by atoms with Crippen LogP contribution < -0.4 is 9.64 Å². The van der Waals surface area contributed by atoms with Crippen molar-refractivity contribution < 1.29 is 13.9 Å². The fraction of sp³-hybridized carbons (Fsp3) is 0.318. The maximum Gasteiger partial charge on any atom is 0.236 e. The molecule has 4 rings (SSSR count). The number of aryl methyl sites for hydroxylation is 1. The van der Waals surface area contributed by atoms with Crippen LogP contribution in [0.2, 0.25) is 0 Å². The fourth-order valence-corrected chi connectivity index (χ4v) is 3.62. The Labute approximate surface area is 168 Å². The molecular weight excluding hydrogens is 371 g/mol. The van der Waals surface area contributed by atoms with Gasteiger partial charge in [0.1, 0.15) is 11.5 Å². The van der Waals surface area contributed by atoms with Gasteiger partial charge in [-0.15, -0.1) is 0 Å². The topological polar surface area (TPSA) is 58.6 Å². The van der Waals surface area contributed by atoms with Crippen LogP contribution in [-0.2, 0) is 11.2 Å². The first-order valence-electron chi connectivity index (χ1n) is 9.63. The standard InChI is InChI=1S/C22H23FN4O2/c1-15-4-3-5-17(12-15)26-8-10-27(11-9-26)21(28)14-20-22(29-2)25-18-7-6-16(23)13-19(18)24-20/h3-7,12-13H,8-11,14H2,1-2H3. The molecule has 1 aliphatic rings. The van der Waals surface area contributed by atoms with E-state index in [1.165, 1.54) is 30.5 Å². The number of carbonyl (C=O) groups is 1. The molecule has 0 spiro atoms. The Morgan fingerprint density at radius 3 is 2.59 bits per heavy atom. The molecule has 0 saturated carbocycles. The molecule has 2 heterocycles. The first kappa shape index (κ1) is 19.1. The Morgan fingerprint density at radius 1 is 1.07 bits per heavy atom. The lowest BCUT2D eigenvalue weighted by Gasteiger charge is -2.36. The fourth-order valence-electron chi connectivity index (χ4n) is 3.62. The number of anilines is 1. The summed E-state index contributed by atoms with van der Waals surface area (Å²) in [4.78, 5) is 25.8. The number of nitrogens with zero attached hydrogens (tertiary/aromatic N) is 4. The lowest BCUT2D eigenvalue weighted by atomic mass is 10.2. The highest BCUT2D eigenvalue weighted by atomic mass is 19.1. The Kier molecular flexibility index (Phi) is 5.29. The number of benzene rings is 2. The lowest BCUT2D eigenvalue weighted by molar-refractivity contribution is -0.130. The van der Waals surface area contributed by atoms with E-state index in [1.54, 1.807) is 6.07 Å². The number of amides is 1. The number of ether oxygens (including phenoxy) is 1. The molecule has 0 bridgehead atoms. The SMILES string of the molecule is COc1nc2ccc(F)cc2nc1CC(=O)N1CCN(c2cccc(C)c2)CC1. The second-order valence-electron chi connectivity index (χ2n) is 7.20. The molecule has 29 heavy (non-hydrogen) atoms. The molecule has 7 heteroatoms. The average Bonchev–Trinajstić information content (AvgIpc) is 2.73. The van der Waals surface area contributed by atoms with Gasteiger partial charge in [0.15, 0.2) is 0 Å². The van der Waals surface area contributed by atoms with E-state index in [0.29, 0.717) is 35.7 Å². The predicted molar refractivity (Wildman–Crippen MR) is 110 cm³/mol. The van der Waals surface area contributed by atoms with Gasteiger partial charge in [0.05, 0.1) is 24.6 Å². The van der Waals surface area contributed by atoms with Crippen molar-refractivity contribution in [2.75, 3.05) is 38.2 Å². The van der Waals surface area contributed by atoms with Crippen molar-refractivity contribution in [2.45, 2.75) is 13.3 Å². The second-order valence-corrected chi connectivity index (χ2v) is 7.20. The van der Waals surface area contributed by atoms with Gasteiger partial charge in [0, 0.05) is 37.9 Å². The zero-order chi connectivity index (χ0) is 20.4. The Bertz CT molecular complexity index is 1050. The molecule has 6 nitrogen and oxygen atoms in total. The third-order valence-corrected chi connectivity index (χ3v) is 5.17. The van der Waals surface area contributed by atoms with Crippen molar-refractivity contribution in [2.24, 2.45) is 0 Å². The highest BCUT2D eigenvalue weighted by molar-refractivity contribution is 5.81. The zero-order valence-corrected chi connectivity index (χ0v) is 16.6. The molecule has 3 aromatic rings. The van der Waals surface area contributed by atoms with E-state index in [0.717, 1.165) is 13.1 Å². The van der Waals surface area contributed by atoms with Crippen molar-refractivity contribution in [3.63, 3.8) is 0 Å². The van der Waals surface area contributed by atoms with Gasteiger partial charge < -0.3 is 14.5 Å². The van der Waals surface area contributed by atoms with Crippen molar-refractivity contribution in [3.05, 3.63) is 59.5 Å². The van der Waals surface area contributed by atoms with Crippen LogP contribution in [0, 0.1) is 12.7 Å². The summed E-state index contributed by atoms with van der Waals surface area (Å²) in [6.45, 7) is 4.92. The first-order valence-corrected chi connectivity index (χ1v) is 9.63. The lowest BCUT2D eigenvalue weighted by Crippen LogP contribution is -2.49. The number of halogens is 1. The number of carbonyl (C=O) groups excluding carboxylic acids is 1. The van der Waals surface area contributed by atoms with Gasteiger partial charge >= 0.3 is 0 Å². The first-order chi connectivity index (χ1) is 14.0. The average molecular weight is 394 g/mol. The highest BCUT2D eigenvalue weighted by Gasteiger charge is 2.23. The molecule has 0 atom stereocenters. The van der Waals surface area contributed by atoms with Crippen LogP contribution in [0.25, 0.3) is 11.0 Å². The Balaban J connectivity index is 1.46. The second kappa shape index (κ2) is 8.03. The molecular formula is C22H23FN4O2. The van der Waals surface area contributed by atoms with Gasteiger partial charge in [-0.25, -0.2) is 14.4 Å². The molecule has 1 saturated heterocycles. The molecule has 2 aromatic carbocycles. The molecule has 150 valence electrons. The smallest absolute Gasteiger partial charge is 0.236 e. The van der Waals surface area contributed by atoms with Crippen molar-refractivity contribution >= 4 is 22.6 Å². The van der Waals surface area contributed by atoms with E-state index < -0.39 is 0 Å². The minimum Gasteiger partial charge on any atom is -0.480 e. The summed E-state index contributed by atoms with van der Waals surface area (Å²) in [5.74, 6) is -0.116. The predicted octanol–water partition coefficient (Wildman–Crippen LogP) is 2.98. The maximum absolute atomic E-state index is 13.5. The number of hydrogen-bond donors (Lipinski definition) is 0. The summed E-state index contributed by atoms with van der Waals surface area (Å²) in [6, 6.07) is 12.6. The van der Waals surface area contributed by atoms with Gasteiger partial charge in [-0.1, -0.05) is 12.1 Å². The summed E-state index contributed by atoms with van der Waals surface area (Å²) in [6.07, 6.45) is 0.0765. The van der Waals surface area contributed by atoms with E-state index in [-0.39, 0.29) is 18.1 Å². The molecule has 0 unspecified atom stereocenters. The normalized spacial score (nSPS) is 14.3. The summed E-state index contributed by atoms with van der Waals surface area (Å²) in [5, 5.41) is 0. The molecule has 1 aromatic heterocycles. The summed E-state index contributed by atoms with van der Waals surface area (Å²) in [5.41, 5.74) is 3.78. The monoisotopic (exact) mass is 394 g/mol. The Morgan fingerprint density at radius 2 is 1.86 bits per heavy atom. The van der Waals surface area contributed by atoms with E-state index in [2.05, 4.69) is 46.1 Å². The van der Waals surface area contributed by atoms with Crippen LogP contribution in [0.4, 0.5) is 10.1 Å². The molecule has 0 N–H and O–H groups in total. The quantitative estimate of drug-likeness (QED) is 0.681. The van der Waals surface area contributed by atoms with Crippen LogP contribution in [-0.4, -0.2) is 54.1 Å². The number of methoxy groups -OCH3 is 1. The minimum atomic E-state index is -0.387. The molecule has 0 radical (unpaired) electrons. The van der Waals surface area contributed by atoms with E-state index in [9.17, 15) is 9.18 Å². The third-order valence-electron chi connectivity index (χ3n) is 5.17. The van der Waals surface area contributed by atoms with Gasteiger partial charge in [-0.05, 0) is 36.8 Å². The molecule has 1 amide bonds. The van der Waals surface area contributed by atoms with Crippen LogP contribution in [0.3, 0.4) is 0 Å². The van der Waals surface area contributed by atoms with E-state index in [1.807, 2.05) is 4.90 Å². The van der Waals surface area contributed by atoms with Crippen LogP contribution in [0.15, 0.2) is 42.5 Å². The third kappa shape index (κ3) is 4.13. The molecule has 0 aliphatic carbocycles. The van der Waals surface area contributed by atoms with Crippen molar-refractivity contribution in [1.82, 2.24) is 14.9 Å². The van der Waals surface area contributed by atoms with E-state index in [4.69, 9.17) is 4.74 Å². The van der Waals surface area contributed by atoms with Crippen molar-refractivity contribution in [3.8, 4) is 5.88 Å². The number of aromatic nitrogens is 2. The van der Waals surface area contributed by atoms with Crippen LogP contribution in [0.1, 0.15) is 11.3 Å². The van der Waals surface area contributed by atoms with Gasteiger partial charge in [-0.2, -0.15) is 0 Å². The van der Waals surface area contributed by atoms with Crippen LogP contribution >= 0.6 is 0 Å². The highest BCUT2D eigenvalue weighted by Crippen LogP contribution is 2.22. The van der Waals surface area contributed by atoms with Gasteiger partial charge in [0.2, 0.25) is 11.8 Å². The molecule has 1 aliphatic heterocycles. The van der Waals surface area contributed by atoms with Gasteiger partial charge in [0.25, 0.3) is 0 Å². The number of hydrogen-bond acceptors (Lipinski definition) is 5. The number of fused-ring (bicyclic) bond motifs is 1. The largest absolute Gasteiger partial charge is 0.480 e. The minimum absolute atomic E-state index is 0.0303. The van der Waals surface area contributed by atoms with Crippen LogP contribution in [0.5, 0.6) is 5.88 Å². The summed E-state index contributed by atoms with van der Waals surface area (Å²) >= 11 is 0. The van der Waals surface area contributed by atoms with Crippen molar-refractivity contribution in [1.29, 1.82) is 0 Å². The summed E-state index contributed by atoms with van der Waals surface area (Å²) in [7, 11) is 1.49. The number of rotatable bonds is 4. The Hall–Kier alpha value is -3.22. The number of piperazine rings is 1. The van der Waals surface area contributed by atoms with E-state index >= 15 is 0 Å². The zero-order valence-electron chi connectivity index (χ0n) is 16.6. The summed E-state index contributed by atoms with van der Waals surface area (Å²) < 4.78 is 18.8. The maximum atomic E-state index is 13.5.